The minimum absolute atomic E-state index is 0.0212. The monoisotopic (exact) mass is 354 g/mol. The lowest BCUT2D eigenvalue weighted by Gasteiger charge is -2.36. The van der Waals surface area contributed by atoms with Gasteiger partial charge in [-0.05, 0) is 19.3 Å². The molecule has 3 aliphatic heterocycles. The van der Waals surface area contributed by atoms with Crippen molar-refractivity contribution in [3.8, 4) is 0 Å². The van der Waals surface area contributed by atoms with Gasteiger partial charge >= 0.3 is 0 Å². The van der Waals surface area contributed by atoms with Crippen LogP contribution in [0.4, 0.5) is 0 Å². The van der Waals surface area contributed by atoms with E-state index in [1.165, 1.54) is 6.42 Å². The zero-order valence-electron chi connectivity index (χ0n) is 14.1. The Labute approximate surface area is 147 Å². The van der Waals surface area contributed by atoms with Gasteiger partial charge in [0.05, 0.1) is 18.2 Å². The molecule has 3 amide bonds. The number of carbonyl (C=O) groups is 3. The molecule has 0 saturated carbocycles. The summed E-state index contributed by atoms with van der Waals surface area (Å²) in [6, 6.07) is 0. The van der Waals surface area contributed by atoms with Crippen LogP contribution in [0.15, 0.2) is 0 Å². The highest BCUT2D eigenvalue weighted by atomic mass is 32.2. The minimum Gasteiger partial charge on any atom is -0.342 e. The molecule has 3 fully saturated rings. The Morgan fingerprint density at radius 3 is 2.08 bits per heavy atom. The lowest BCUT2D eigenvalue weighted by Crippen LogP contribution is -2.53. The summed E-state index contributed by atoms with van der Waals surface area (Å²) in [5.74, 6) is 1.40. The minimum atomic E-state index is 0.0212. The molecule has 134 valence electrons. The van der Waals surface area contributed by atoms with Crippen LogP contribution in [0.25, 0.3) is 0 Å². The van der Waals surface area contributed by atoms with Gasteiger partial charge in [0, 0.05) is 39.3 Å². The van der Waals surface area contributed by atoms with E-state index in [-0.39, 0.29) is 24.3 Å². The molecule has 3 saturated heterocycles. The summed E-state index contributed by atoms with van der Waals surface area (Å²) in [6.07, 6.45) is 3.45. The Kier molecular flexibility index (Phi) is 5.99. The normalized spacial score (nSPS) is 23.0. The standard InChI is InChI=1S/C16H26N4O3S/c21-14(18-4-2-1-3-5-18)10-17-6-8-19(9-7-17)15(22)11-20-13-24-12-16(20)23/h1-13H2. The Balaban J connectivity index is 1.39. The van der Waals surface area contributed by atoms with Crippen LogP contribution in [-0.4, -0.2) is 101 Å². The number of hydrogen-bond donors (Lipinski definition) is 0. The summed E-state index contributed by atoms with van der Waals surface area (Å²) in [4.78, 5) is 43.8. The predicted octanol–water partition coefficient (Wildman–Crippen LogP) is -0.324. The van der Waals surface area contributed by atoms with Crippen molar-refractivity contribution in [2.45, 2.75) is 19.3 Å². The smallest absolute Gasteiger partial charge is 0.242 e. The van der Waals surface area contributed by atoms with Gasteiger partial charge < -0.3 is 14.7 Å². The van der Waals surface area contributed by atoms with Gasteiger partial charge in [-0.15, -0.1) is 11.8 Å². The van der Waals surface area contributed by atoms with Crippen LogP contribution >= 0.6 is 11.8 Å². The Hall–Kier alpha value is -1.28. The molecule has 0 aliphatic carbocycles. The first-order valence-electron chi connectivity index (χ1n) is 8.77. The molecular weight excluding hydrogens is 328 g/mol. The Morgan fingerprint density at radius 2 is 1.46 bits per heavy atom. The summed E-state index contributed by atoms with van der Waals surface area (Å²) in [6.45, 7) is 5.17. The van der Waals surface area contributed by atoms with Crippen molar-refractivity contribution >= 4 is 29.5 Å². The summed E-state index contributed by atoms with van der Waals surface area (Å²) >= 11 is 1.55. The van der Waals surface area contributed by atoms with Crippen molar-refractivity contribution in [1.82, 2.24) is 19.6 Å². The SMILES string of the molecule is O=C(CN1CCN(C(=O)CN2CSCC2=O)CC1)N1CCCCC1. The fourth-order valence-electron chi connectivity index (χ4n) is 3.39. The van der Waals surface area contributed by atoms with E-state index in [4.69, 9.17) is 0 Å². The van der Waals surface area contributed by atoms with E-state index in [9.17, 15) is 14.4 Å². The third-order valence-corrected chi connectivity index (χ3v) is 5.89. The molecule has 0 N–H and O–H groups in total. The fourth-order valence-corrected chi connectivity index (χ4v) is 4.30. The summed E-state index contributed by atoms with van der Waals surface area (Å²) < 4.78 is 0. The maximum atomic E-state index is 12.3. The number of rotatable bonds is 4. The van der Waals surface area contributed by atoms with E-state index in [1.54, 1.807) is 16.7 Å². The molecule has 0 spiro atoms. The topological polar surface area (TPSA) is 64.2 Å². The summed E-state index contributed by atoms with van der Waals surface area (Å²) in [7, 11) is 0. The summed E-state index contributed by atoms with van der Waals surface area (Å²) in [5, 5.41) is 0. The van der Waals surface area contributed by atoms with Crippen LogP contribution in [0.5, 0.6) is 0 Å². The lowest BCUT2D eigenvalue weighted by atomic mass is 10.1. The molecule has 0 bridgehead atoms. The van der Waals surface area contributed by atoms with E-state index in [0.29, 0.717) is 31.3 Å². The number of carbonyl (C=O) groups excluding carboxylic acids is 3. The third kappa shape index (κ3) is 4.42. The molecule has 0 aromatic carbocycles. The van der Waals surface area contributed by atoms with Crippen LogP contribution in [0, 0.1) is 0 Å². The van der Waals surface area contributed by atoms with Gasteiger partial charge in [-0.25, -0.2) is 0 Å². The Bertz CT molecular complexity index is 488. The quantitative estimate of drug-likeness (QED) is 0.692. The molecule has 3 rings (SSSR count). The first-order valence-corrected chi connectivity index (χ1v) is 9.92. The first-order chi connectivity index (χ1) is 11.6. The van der Waals surface area contributed by atoms with E-state index < -0.39 is 0 Å². The van der Waals surface area contributed by atoms with Crippen LogP contribution in [0.3, 0.4) is 0 Å². The molecule has 0 aromatic heterocycles. The average molecular weight is 354 g/mol. The number of amides is 3. The van der Waals surface area contributed by atoms with Gasteiger partial charge in [-0.3, -0.25) is 19.3 Å². The third-order valence-electron chi connectivity index (χ3n) is 4.94. The second kappa shape index (κ2) is 8.20. The highest BCUT2D eigenvalue weighted by Crippen LogP contribution is 2.15. The van der Waals surface area contributed by atoms with Crippen molar-refractivity contribution in [3.63, 3.8) is 0 Å². The van der Waals surface area contributed by atoms with Crippen molar-refractivity contribution in [2.24, 2.45) is 0 Å². The summed E-state index contributed by atoms with van der Waals surface area (Å²) in [5.41, 5.74) is 0. The van der Waals surface area contributed by atoms with Gasteiger partial charge in [0.1, 0.15) is 6.54 Å². The number of likely N-dealkylation sites (tertiary alicyclic amines) is 1. The molecule has 0 aromatic rings. The Morgan fingerprint density at radius 1 is 0.833 bits per heavy atom. The van der Waals surface area contributed by atoms with Crippen LogP contribution in [0.2, 0.25) is 0 Å². The lowest BCUT2D eigenvalue weighted by molar-refractivity contribution is -0.140. The molecular formula is C16H26N4O3S. The molecule has 7 nitrogen and oxygen atoms in total. The second-order valence-electron chi connectivity index (χ2n) is 6.67. The zero-order chi connectivity index (χ0) is 16.9. The van der Waals surface area contributed by atoms with E-state index in [1.807, 2.05) is 9.80 Å². The first kappa shape index (κ1) is 17.5. The maximum absolute atomic E-state index is 12.3. The van der Waals surface area contributed by atoms with E-state index in [2.05, 4.69) is 4.90 Å². The fraction of sp³-hybridized carbons (Fsp3) is 0.812. The average Bonchev–Trinajstić information content (AvgIpc) is 3.01. The number of thioether (sulfide) groups is 1. The molecule has 8 heteroatoms. The number of nitrogens with zero attached hydrogens (tertiary/aromatic N) is 4. The van der Waals surface area contributed by atoms with Gasteiger partial charge in [0.2, 0.25) is 17.7 Å². The molecule has 24 heavy (non-hydrogen) atoms. The predicted molar refractivity (Wildman–Crippen MR) is 92.5 cm³/mol. The van der Waals surface area contributed by atoms with Gasteiger partial charge in [-0.2, -0.15) is 0 Å². The maximum Gasteiger partial charge on any atom is 0.242 e. The molecule has 3 aliphatic rings. The van der Waals surface area contributed by atoms with Gasteiger partial charge in [0.15, 0.2) is 0 Å². The van der Waals surface area contributed by atoms with Crippen LogP contribution in [-0.2, 0) is 14.4 Å². The highest BCUT2D eigenvalue weighted by molar-refractivity contribution is 8.00. The molecule has 0 atom stereocenters. The van der Waals surface area contributed by atoms with E-state index >= 15 is 0 Å². The van der Waals surface area contributed by atoms with Crippen molar-refractivity contribution in [2.75, 3.05) is 64.0 Å². The largest absolute Gasteiger partial charge is 0.342 e. The van der Waals surface area contributed by atoms with Crippen LogP contribution < -0.4 is 0 Å². The van der Waals surface area contributed by atoms with Gasteiger partial charge in [-0.1, -0.05) is 0 Å². The number of hydrogen-bond acceptors (Lipinski definition) is 5. The van der Waals surface area contributed by atoms with Crippen molar-refractivity contribution in [3.05, 3.63) is 0 Å². The highest BCUT2D eigenvalue weighted by Gasteiger charge is 2.28. The molecule has 0 unspecified atom stereocenters. The molecule has 3 heterocycles. The second-order valence-corrected chi connectivity index (χ2v) is 7.62. The number of piperazine rings is 1. The zero-order valence-corrected chi connectivity index (χ0v) is 14.9. The molecule has 0 radical (unpaired) electrons. The van der Waals surface area contributed by atoms with Crippen LogP contribution in [0.1, 0.15) is 19.3 Å². The van der Waals surface area contributed by atoms with E-state index in [0.717, 1.165) is 39.0 Å². The van der Waals surface area contributed by atoms with Crippen molar-refractivity contribution < 1.29 is 14.4 Å². The number of piperidine rings is 1. The van der Waals surface area contributed by atoms with Crippen molar-refractivity contribution in [1.29, 1.82) is 0 Å². The van der Waals surface area contributed by atoms with Gasteiger partial charge in [0.25, 0.3) is 0 Å².